The predicted molar refractivity (Wildman–Crippen MR) is 77.7 cm³/mol. The molecule has 0 unspecified atom stereocenters. The Morgan fingerprint density at radius 1 is 1.63 bits per heavy atom. The number of carbonyl (C=O) groups is 1. The molecule has 1 aromatic rings. The number of thiophene rings is 1. The first-order valence-electron chi connectivity index (χ1n) is 6.36. The molecule has 1 saturated heterocycles. The average molecular weight is 303 g/mol. The van der Waals surface area contributed by atoms with Crippen molar-refractivity contribution < 1.29 is 9.53 Å². The van der Waals surface area contributed by atoms with Gasteiger partial charge in [0.15, 0.2) is 0 Å². The van der Waals surface area contributed by atoms with Gasteiger partial charge in [-0.3, -0.25) is 9.69 Å². The van der Waals surface area contributed by atoms with Gasteiger partial charge in [-0.25, -0.2) is 0 Å². The Morgan fingerprint density at radius 2 is 2.42 bits per heavy atom. The first-order chi connectivity index (χ1) is 9.04. The third-order valence-corrected chi connectivity index (χ3v) is 4.27. The van der Waals surface area contributed by atoms with E-state index >= 15 is 0 Å². The summed E-state index contributed by atoms with van der Waals surface area (Å²) in [6, 6.07) is 3.89. The van der Waals surface area contributed by atoms with Crippen molar-refractivity contribution in [1.29, 1.82) is 0 Å². The molecule has 1 aliphatic rings. The molecule has 19 heavy (non-hydrogen) atoms. The lowest BCUT2D eigenvalue weighted by Gasteiger charge is -2.32. The van der Waals surface area contributed by atoms with Crippen molar-refractivity contribution in [2.24, 2.45) is 0 Å². The Morgan fingerprint density at radius 3 is 3.05 bits per heavy atom. The second-order valence-corrected chi connectivity index (χ2v) is 6.70. The molecule has 4 nitrogen and oxygen atoms in total. The number of nitrogens with zero attached hydrogens (tertiary/aromatic N) is 2. The number of ether oxygens (including phenoxy) is 1. The highest BCUT2D eigenvalue weighted by Gasteiger charge is 2.22. The Balaban J connectivity index is 1.81. The van der Waals surface area contributed by atoms with Crippen molar-refractivity contribution >= 4 is 28.8 Å². The van der Waals surface area contributed by atoms with Gasteiger partial charge in [-0.2, -0.15) is 0 Å². The van der Waals surface area contributed by atoms with Gasteiger partial charge in [0.05, 0.1) is 23.6 Å². The van der Waals surface area contributed by atoms with Crippen LogP contribution in [-0.4, -0.2) is 55.1 Å². The zero-order valence-corrected chi connectivity index (χ0v) is 12.8. The fraction of sp³-hybridized carbons (Fsp3) is 0.615. The molecule has 0 bridgehead atoms. The smallest absolute Gasteiger partial charge is 0.236 e. The molecule has 0 N–H and O–H groups in total. The zero-order valence-electron chi connectivity index (χ0n) is 11.3. The molecule has 0 aliphatic carbocycles. The van der Waals surface area contributed by atoms with Crippen LogP contribution in [-0.2, 0) is 16.1 Å². The summed E-state index contributed by atoms with van der Waals surface area (Å²) < 4.78 is 6.23. The molecule has 0 spiro atoms. The van der Waals surface area contributed by atoms with Crippen LogP contribution < -0.4 is 0 Å². The number of carbonyl (C=O) groups excluding carboxylic acids is 1. The standard InChI is InChI=1S/C13H19ClN2O2S/c1-10-7-16(5-6-18-10)13(17)9-15(2)8-11-3-4-12(14)19-11/h3-4,10H,5-9H2,1-2H3/t10-/m0/s1. The van der Waals surface area contributed by atoms with E-state index in [-0.39, 0.29) is 12.0 Å². The maximum Gasteiger partial charge on any atom is 0.236 e. The number of likely N-dealkylation sites (N-methyl/N-ethyl adjacent to an activating group) is 1. The maximum absolute atomic E-state index is 12.2. The van der Waals surface area contributed by atoms with Crippen molar-refractivity contribution in [3.8, 4) is 0 Å². The fourth-order valence-electron chi connectivity index (χ4n) is 2.13. The largest absolute Gasteiger partial charge is 0.375 e. The van der Waals surface area contributed by atoms with Crippen molar-refractivity contribution in [3.63, 3.8) is 0 Å². The lowest BCUT2D eigenvalue weighted by Crippen LogP contribution is -2.47. The summed E-state index contributed by atoms with van der Waals surface area (Å²) in [6.07, 6.45) is 0.138. The summed E-state index contributed by atoms with van der Waals surface area (Å²) in [7, 11) is 1.95. The van der Waals surface area contributed by atoms with E-state index in [0.717, 1.165) is 10.9 Å². The molecule has 1 fully saturated rings. The second-order valence-electron chi connectivity index (χ2n) is 4.90. The van der Waals surface area contributed by atoms with Crippen molar-refractivity contribution in [2.75, 3.05) is 33.3 Å². The van der Waals surface area contributed by atoms with Crippen LogP contribution in [0.25, 0.3) is 0 Å². The molecule has 1 atom stereocenters. The van der Waals surface area contributed by atoms with E-state index in [0.29, 0.717) is 26.2 Å². The average Bonchev–Trinajstić information content (AvgIpc) is 2.74. The number of rotatable bonds is 4. The number of morpholine rings is 1. The van der Waals surface area contributed by atoms with E-state index in [9.17, 15) is 4.79 Å². The van der Waals surface area contributed by atoms with Gasteiger partial charge in [0.2, 0.25) is 5.91 Å². The Labute approximate surface area is 122 Å². The van der Waals surface area contributed by atoms with E-state index in [1.807, 2.05) is 35.9 Å². The third kappa shape index (κ3) is 4.45. The molecular weight excluding hydrogens is 284 g/mol. The van der Waals surface area contributed by atoms with Crippen molar-refractivity contribution in [3.05, 3.63) is 21.3 Å². The van der Waals surface area contributed by atoms with Crippen LogP contribution >= 0.6 is 22.9 Å². The molecular formula is C13H19ClN2O2S. The first kappa shape index (κ1) is 14.8. The normalized spacial score (nSPS) is 20.0. The lowest BCUT2D eigenvalue weighted by molar-refractivity contribution is -0.139. The fourth-order valence-corrected chi connectivity index (χ4v) is 3.30. The molecule has 2 heterocycles. The summed E-state index contributed by atoms with van der Waals surface area (Å²) in [5, 5.41) is 0. The number of hydrogen-bond donors (Lipinski definition) is 0. The number of hydrogen-bond acceptors (Lipinski definition) is 4. The minimum Gasteiger partial charge on any atom is -0.375 e. The van der Waals surface area contributed by atoms with E-state index in [1.165, 1.54) is 4.88 Å². The van der Waals surface area contributed by atoms with Crippen LogP contribution in [0, 0.1) is 0 Å². The third-order valence-electron chi connectivity index (χ3n) is 3.05. The highest BCUT2D eigenvalue weighted by Crippen LogP contribution is 2.22. The van der Waals surface area contributed by atoms with Gasteiger partial charge in [-0.15, -0.1) is 11.3 Å². The van der Waals surface area contributed by atoms with E-state index in [2.05, 4.69) is 0 Å². The lowest BCUT2D eigenvalue weighted by atomic mass is 10.3. The molecule has 0 saturated carbocycles. The van der Waals surface area contributed by atoms with Crippen LogP contribution in [0.2, 0.25) is 4.34 Å². The molecule has 106 valence electrons. The summed E-state index contributed by atoms with van der Waals surface area (Å²) >= 11 is 7.46. The van der Waals surface area contributed by atoms with Gasteiger partial charge in [0.1, 0.15) is 0 Å². The summed E-state index contributed by atoms with van der Waals surface area (Å²) in [5.41, 5.74) is 0. The topological polar surface area (TPSA) is 32.8 Å². The highest BCUT2D eigenvalue weighted by atomic mass is 35.5. The van der Waals surface area contributed by atoms with Crippen LogP contribution in [0.1, 0.15) is 11.8 Å². The molecule has 6 heteroatoms. The van der Waals surface area contributed by atoms with E-state index in [1.54, 1.807) is 11.3 Å². The first-order valence-corrected chi connectivity index (χ1v) is 7.56. The van der Waals surface area contributed by atoms with Crippen LogP contribution in [0.5, 0.6) is 0 Å². The Bertz CT molecular complexity index is 438. The molecule has 0 aromatic carbocycles. The molecule has 2 rings (SSSR count). The zero-order chi connectivity index (χ0) is 13.8. The second kappa shape index (κ2) is 6.70. The highest BCUT2D eigenvalue weighted by molar-refractivity contribution is 7.16. The summed E-state index contributed by atoms with van der Waals surface area (Å²) in [4.78, 5) is 17.2. The van der Waals surface area contributed by atoms with E-state index in [4.69, 9.17) is 16.3 Å². The molecule has 1 aliphatic heterocycles. The maximum atomic E-state index is 12.2. The van der Waals surface area contributed by atoms with Gasteiger partial charge < -0.3 is 9.64 Å². The number of amides is 1. The monoisotopic (exact) mass is 302 g/mol. The Hall–Kier alpha value is -0.620. The van der Waals surface area contributed by atoms with Gasteiger partial charge >= 0.3 is 0 Å². The van der Waals surface area contributed by atoms with Crippen LogP contribution in [0.3, 0.4) is 0 Å². The van der Waals surface area contributed by atoms with Gasteiger partial charge in [-0.05, 0) is 26.1 Å². The minimum atomic E-state index is 0.138. The molecule has 1 aromatic heterocycles. The molecule has 1 amide bonds. The van der Waals surface area contributed by atoms with Crippen molar-refractivity contribution in [1.82, 2.24) is 9.80 Å². The van der Waals surface area contributed by atoms with E-state index < -0.39 is 0 Å². The minimum absolute atomic E-state index is 0.138. The van der Waals surface area contributed by atoms with Gasteiger partial charge in [0.25, 0.3) is 0 Å². The van der Waals surface area contributed by atoms with Crippen molar-refractivity contribution in [2.45, 2.75) is 19.6 Å². The molecule has 0 radical (unpaired) electrons. The summed E-state index contributed by atoms with van der Waals surface area (Å²) in [6.45, 7) is 5.21. The number of halogens is 1. The summed E-state index contributed by atoms with van der Waals surface area (Å²) in [5.74, 6) is 0.167. The van der Waals surface area contributed by atoms with Gasteiger partial charge in [0, 0.05) is 24.5 Å². The predicted octanol–water partition coefficient (Wildman–Crippen LogP) is 2.08. The van der Waals surface area contributed by atoms with Gasteiger partial charge in [-0.1, -0.05) is 11.6 Å². The quantitative estimate of drug-likeness (QED) is 0.854. The van der Waals surface area contributed by atoms with Crippen LogP contribution in [0.4, 0.5) is 0 Å². The van der Waals surface area contributed by atoms with Crippen LogP contribution in [0.15, 0.2) is 12.1 Å². The Kier molecular flexibility index (Phi) is 5.21. The SMILES string of the molecule is C[C@H]1CN(C(=O)CN(C)Cc2ccc(Cl)s2)CCO1.